The van der Waals surface area contributed by atoms with Crippen LogP contribution < -0.4 is 5.32 Å². The van der Waals surface area contributed by atoms with E-state index < -0.39 is 0 Å². The Hall–Kier alpha value is -3.02. The molecule has 0 saturated heterocycles. The molecule has 4 rings (SSSR count). The quantitative estimate of drug-likeness (QED) is 0.248. The summed E-state index contributed by atoms with van der Waals surface area (Å²) in [6.07, 6.45) is 1.90. The minimum Gasteiger partial charge on any atom is -0.298 e. The Morgan fingerprint density at radius 2 is 1.57 bits per heavy atom. The van der Waals surface area contributed by atoms with Gasteiger partial charge in [-0.25, -0.2) is 4.98 Å². The van der Waals surface area contributed by atoms with Gasteiger partial charge in [-0.15, -0.1) is 11.3 Å². The first-order chi connectivity index (χ1) is 14.6. The number of hydrogen-bond donors (Lipinski definition) is 1. The maximum absolute atomic E-state index is 13.2. The van der Waals surface area contributed by atoms with Crippen LogP contribution >= 0.6 is 27.3 Å². The Labute approximate surface area is 188 Å². The second kappa shape index (κ2) is 9.20. The molecule has 0 unspecified atom stereocenters. The van der Waals surface area contributed by atoms with Crippen molar-refractivity contribution < 1.29 is 4.79 Å². The zero-order valence-corrected chi connectivity index (χ0v) is 18.7. The maximum Gasteiger partial charge on any atom is 0.258 e. The summed E-state index contributed by atoms with van der Waals surface area (Å²) in [7, 11) is 0. The molecule has 3 nitrogen and oxygen atoms in total. The third-order valence-electron chi connectivity index (χ3n) is 4.57. The minimum atomic E-state index is -0.179. The predicted octanol–water partition coefficient (Wildman–Crippen LogP) is 7.06. The number of halogens is 1. The van der Waals surface area contributed by atoms with Gasteiger partial charge in [-0.2, -0.15) is 0 Å². The lowest BCUT2D eigenvalue weighted by Crippen LogP contribution is -2.13. The van der Waals surface area contributed by atoms with Crippen LogP contribution in [0.1, 0.15) is 16.0 Å². The molecule has 0 radical (unpaired) electrons. The number of rotatable bonds is 5. The van der Waals surface area contributed by atoms with Crippen LogP contribution in [0.5, 0.6) is 0 Å². The molecule has 1 aromatic heterocycles. The molecule has 0 atom stereocenters. The van der Waals surface area contributed by atoms with Gasteiger partial charge < -0.3 is 0 Å². The second-order valence-corrected chi connectivity index (χ2v) is 8.84. The first kappa shape index (κ1) is 20.3. The fraction of sp³-hybridized carbons (Fsp3) is 0.0400. The Morgan fingerprint density at radius 3 is 2.23 bits per heavy atom. The van der Waals surface area contributed by atoms with Gasteiger partial charge in [0.05, 0.1) is 5.69 Å². The van der Waals surface area contributed by atoms with E-state index in [9.17, 15) is 4.79 Å². The van der Waals surface area contributed by atoms with Gasteiger partial charge in [-0.1, -0.05) is 88.7 Å². The molecule has 1 amide bonds. The first-order valence-electron chi connectivity index (χ1n) is 9.47. The van der Waals surface area contributed by atoms with Gasteiger partial charge in [0, 0.05) is 20.5 Å². The average Bonchev–Trinajstić information content (AvgIpc) is 3.13. The number of nitrogens with one attached hydrogen (secondary N) is 1. The van der Waals surface area contributed by atoms with Gasteiger partial charge in [-0.05, 0) is 36.3 Å². The van der Waals surface area contributed by atoms with E-state index in [0.29, 0.717) is 10.7 Å². The van der Waals surface area contributed by atoms with Crippen LogP contribution in [0.4, 0.5) is 5.13 Å². The molecule has 0 aliphatic carbocycles. The first-order valence-corrected chi connectivity index (χ1v) is 11.1. The fourth-order valence-corrected chi connectivity index (χ4v) is 4.20. The summed E-state index contributed by atoms with van der Waals surface area (Å²) in [6, 6.07) is 27.5. The van der Waals surface area contributed by atoms with Crippen molar-refractivity contribution in [2.75, 3.05) is 5.32 Å². The largest absolute Gasteiger partial charge is 0.298 e. The maximum atomic E-state index is 13.2. The number of carbonyl (C=O) groups is 1. The van der Waals surface area contributed by atoms with Crippen molar-refractivity contribution in [1.82, 2.24) is 4.98 Å². The zero-order valence-electron chi connectivity index (χ0n) is 16.3. The highest BCUT2D eigenvalue weighted by Gasteiger charge is 2.16. The molecule has 3 aromatic carbocycles. The number of amides is 1. The SMILES string of the molecule is Cc1sc(NC(=O)/C(=C/c2ccccc2)c2ccccc2)nc1-c1ccc(Br)cc1. The van der Waals surface area contributed by atoms with Gasteiger partial charge in [0.1, 0.15) is 0 Å². The topological polar surface area (TPSA) is 42.0 Å². The molecule has 30 heavy (non-hydrogen) atoms. The molecule has 4 aromatic rings. The Balaban J connectivity index is 1.64. The molecule has 0 fully saturated rings. The molecule has 5 heteroatoms. The Morgan fingerprint density at radius 1 is 0.933 bits per heavy atom. The van der Waals surface area contributed by atoms with Crippen LogP contribution in [0.3, 0.4) is 0 Å². The highest BCUT2D eigenvalue weighted by Crippen LogP contribution is 2.32. The fourth-order valence-electron chi connectivity index (χ4n) is 3.10. The van der Waals surface area contributed by atoms with Crippen molar-refractivity contribution in [2.45, 2.75) is 6.92 Å². The summed E-state index contributed by atoms with van der Waals surface area (Å²) in [5.41, 5.74) is 4.34. The summed E-state index contributed by atoms with van der Waals surface area (Å²) in [5.74, 6) is -0.179. The summed E-state index contributed by atoms with van der Waals surface area (Å²) < 4.78 is 1.02. The lowest BCUT2D eigenvalue weighted by atomic mass is 10.0. The monoisotopic (exact) mass is 474 g/mol. The number of aryl methyl sites for hydroxylation is 1. The van der Waals surface area contributed by atoms with E-state index >= 15 is 0 Å². The molecule has 0 spiro atoms. The van der Waals surface area contributed by atoms with Gasteiger partial charge in [0.25, 0.3) is 5.91 Å². The molecule has 1 heterocycles. The third kappa shape index (κ3) is 4.75. The Kier molecular flexibility index (Phi) is 6.21. The van der Waals surface area contributed by atoms with E-state index in [1.165, 1.54) is 11.3 Å². The van der Waals surface area contributed by atoms with E-state index in [-0.39, 0.29) is 5.91 Å². The van der Waals surface area contributed by atoms with Crippen LogP contribution in [-0.4, -0.2) is 10.9 Å². The molecule has 0 aliphatic rings. The van der Waals surface area contributed by atoms with Crippen LogP contribution in [0.25, 0.3) is 22.9 Å². The van der Waals surface area contributed by atoms with Crippen LogP contribution in [0.2, 0.25) is 0 Å². The van der Waals surface area contributed by atoms with Crippen LogP contribution in [-0.2, 0) is 4.79 Å². The highest BCUT2D eigenvalue weighted by molar-refractivity contribution is 9.10. The number of thiazole rings is 1. The zero-order chi connectivity index (χ0) is 20.9. The Bertz CT molecular complexity index is 1180. The lowest BCUT2D eigenvalue weighted by Gasteiger charge is -2.08. The van der Waals surface area contributed by atoms with Gasteiger partial charge in [0.15, 0.2) is 5.13 Å². The number of carbonyl (C=O) groups excluding carboxylic acids is 1. The number of anilines is 1. The number of benzene rings is 3. The summed E-state index contributed by atoms with van der Waals surface area (Å²) in [6.45, 7) is 2.02. The minimum absolute atomic E-state index is 0.179. The number of hydrogen-bond acceptors (Lipinski definition) is 3. The van der Waals surface area contributed by atoms with Crippen molar-refractivity contribution in [2.24, 2.45) is 0 Å². The predicted molar refractivity (Wildman–Crippen MR) is 129 cm³/mol. The highest BCUT2D eigenvalue weighted by atomic mass is 79.9. The van der Waals surface area contributed by atoms with Crippen molar-refractivity contribution >= 4 is 50.0 Å². The van der Waals surface area contributed by atoms with Gasteiger partial charge >= 0.3 is 0 Å². The number of aromatic nitrogens is 1. The standard InChI is InChI=1S/C25H19BrN2OS/c1-17-23(20-12-14-21(26)15-13-20)27-25(30-17)28-24(29)22(19-10-6-3-7-11-19)16-18-8-4-2-5-9-18/h2-16H,1H3,(H,27,28,29)/b22-16+. The molecule has 148 valence electrons. The van der Waals surface area contributed by atoms with Gasteiger partial charge in [0.2, 0.25) is 0 Å². The van der Waals surface area contributed by atoms with Crippen molar-refractivity contribution in [1.29, 1.82) is 0 Å². The molecule has 0 bridgehead atoms. The van der Waals surface area contributed by atoms with Crippen molar-refractivity contribution in [3.8, 4) is 11.3 Å². The van der Waals surface area contributed by atoms with E-state index in [1.54, 1.807) is 0 Å². The summed E-state index contributed by atoms with van der Waals surface area (Å²) in [4.78, 5) is 18.9. The molecular weight excluding hydrogens is 456 g/mol. The molecule has 0 aliphatic heterocycles. The molecular formula is C25H19BrN2OS. The van der Waals surface area contributed by atoms with E-state index in [2.05, 4.69) is 26.2 Å². The smallest absolute Gasteiger partial charge is 0.258 e. The van der Waals surface area contributed by atoms with E-state index in [4.69, 9.17) is 0 Å². The molecule has 0 saturated carbocycles. The second-order valence-electron chi connectivity index (χ2n) is 6.72. The summed E-state index contributed by atoms with van der Waals surface area (Å²) in [5, 5.41) is 3.58. The van der Waals surface area contributed by atoms with Crippen molar-refractivity contribution in [3.05, 3.63) is 105 Å². The normalized spacial score (nSPS) is 11.3. The van der Waals surface area contributed by atoms with Crippen LogP contribution in [0.15, 0.2) is 89.4 Å². The third-order valence-corrected chi connectivity index (χ3v) is 5.99. The van der Waals surface area contributed by atoms with Gasteiger partial charge in [-0.3, -0.25) is 10.1 Å². The average molecular weight is 475 g/mol. The number of nitrogens with zero attached hydrogens (tertiary/aromatic N) is 1. The molecule has 1 N–H and O–H groups in total. The van der Waals surface area contributed by atoms with E-state index in [1.807, 2.05) is 97.9 Å². The lowest BCUT2D eigenvalue weighted by molar-refractivity contribution is -0.111. The van der Waals surface area contributed by atoms with Crippen LogP contribution in [0, 0.1) is 6.92 Å². The summed E-state index contributed by atoms with van der Waals surface area (Å²) >= 11 is 4.94. The van der Waals surface area contributed by atoms with E-state index in [0.717, 1.165) is 31.7 Å². The van der Waals surface area contributed by atoms with Crippen molar-refractivity contribution in [3.63, 3.8) is 0 Å².